The van der Waals surface area contributed by atoms with Crippen molar-refractivity contribution >= 4 is 18.0 Å². The minimum absolute atomic E-state index is 0.0262. The van der Waals surface area contributed by atoms with Crippen LogP contribution in [0.4, 0.5) is 13.6 Å². The number of esters is 2. The van der Waals surface area contributed by atoms with Gasteiger partial charge in [-0.2, -0.15) is 8.78 Å². The molecule has 1 heterocycles. The molecule has 0 unspecified atom stereocenters. The highest BCUT2D eigenvalue weighted by atomic mass is 19.3. The molecule has 140 valence electrons. The van der Waals surface area contributed by atoms with Crippen molar-refractivity contribution in [3.05, 3.63) is 41.1 Å². The third-order valence-electron chi connectivity index (χ3n) is 3.22. The standard InChI is InChI=1S/C16H16F2N2O6/c1-2-24-14(22)11-7-19-16(23)20-12(11)8-25-13(21)9-4-3-5-10(6-9)26-15(17)18/h3-6,15H,2,7-8H2,1H3,(H2,19,20,23). The molecule has 0 bridgehead atoms. The Labute approximate surface area is 147 Å². The molecular formula is C16H16F2N2O6. The molecule has 10 heteroatoms. The van der Waals surface area contributed by atoms with E-state index in [1.807, 2.05) is 0 Å². The maximum Gasteiger partial charge on any atom is 0.387 e. The zero-order chi connectivity index (χ0) is 19.1. The Balaban J connectivity index is 2.08. The number of carbonyl (C=O) groups excluding carboxylic acids is 3. The first-order valence-corrected chi connectivity index (χ1v) is 7.56. The second-order valence-corrected chi connectivity index (χ2v) is 4.97. The smallest absolute Gasteiger partial charge is 0.387 e. The molecule has 0 saturated heterocycles. The summed E-state index contributed by atoms with van der Waals surface area (Å²) in [6.45, 7) is -1.74. The number of alkyl halides is 2. The van der Waals surface area contributed by atoms with Gasteiger partial charge in [0, 0.05) is 0 Å². The molecule has 0 saturated carbocycles. The van der Waals surface area contributed by atoms with E-state index in [1.165, 1.54) is 18.2 Å². The zero-order valence-corrected chi connectivity index (χ0v) is 13.7. The average Bonchev–Trinajstić information content (AvgIpc) is 2.59. The molecule has 0 atom stereocenters. The van der Waals surface area contributed by atoms with Crippen LogP contribution in [0.3, 0.4) is 0 Å². The number of hydrogen-bond donors (Lipinski definition) is 2. The number of benzene rings is 1. The minimum atomic E-state index is -3.02. The van der Waals surface area contributed by atoms with Crippen molar-refractivity contribution in [1.29, 1.82) is 0 Å². The Morgan fingerprint density at radius 3 is 2.69 bits per heavy atom. The fraction of sp³-hybridized carbons (Fsp3) is 0.312. The topological polar surface area (TPSA) is 103 Å². The van der Waals surface area contributed by atoms with E-state index in [0.29, 0.717) is 0 Å². The Bertz CT molecular complexity index is 735. The molecular weight excluding hydrogens is 354 g/mol. The van der Waals surface area contributed by atoms with Gasteiger partial charge >= 0.3 is 24.6 Å². The fourth-order valence-corrected chi connectivity index (χ4v) is 2.09. The van der Waals surface area contributed by atoms with E-state index < -0.39 is 31.2 Å². The van der Waals surface area contributed by atoms with Crippen molar-refractivity contribution in [2.45, 2.75) is 13.5 Å². The first kappa shape index (κ1) is 19.2. The summed E-state index contributed by atoms with van der Waals surface area (Å²) in [4.78, 5) is 35.4. The highest BCUT2D eigenvalue weighted by molar-refractivity contribution is 5.94. The second-order valence-electron chi connectivity index (χ2n) is 4.97. The van der Waals surface area contributed by atoms with Crippen LogP contribution in [0.25, 0.3) is 0 Å². The van der Waals surface area contributed by atoms with Gasteiger partial charge in [-0.15, -0.1) is 0 Å². The second kappa shape index (κ2) is 8.79. The van der Waals surface area contributed by atoms with Crippen LogP contribution in [0.1, 0.15) is 17.3 Å². The molecule has 26 heavy (non-hydrogen) atoms. The molecule has 0 aliphatic carbocycles. The summed E-state index contributed by atoms with van der Waals surface area (Å²) in [5.74, 6) is -1.69. The number of hydrogen-bond acceptors (Lipinski definition) is 6. The van der Waals surface area contributed by atoms with Crippen molar-refractivity contribution in [2.75, 3.05) is 19.8 Å². The summed E-state index contributed by atoms with van der Waals surface area (Å²) >= 11 is 0. The quantitative estimate of drug-likeness (QED) is 0.707. The van der Waals surface area contributed by atoms with Crippen LogP contribution in [-0.4, -0.2) is 44.3 Å². The van der Waals surface area contributed by atoms with Crippen LogP contribution in [0.2, 0.25) is 0 Å². The van der Waals surface area contributed by atoms with Crippen LogP contribution >= 0.6 is 0 Å². The highest BCUT2D eigenvalue weighted by Gasteiger charge is 2.24. The largest absolute Gasteiger partial charge is 0.463 e. The Hall–Kier alpha value is -3.17. The zero-order valence-electron chi connectivity index (χ0n) is 13.7. The number of urea groups is 1. The summed E-state index contributed by atoms with van der Waals surface area (Å²) in [6, 6.07) is 4.50. The van der Waals surface area contributed by atoms with Crippen molar-refractivity contribution < 1.29 is 37.4 Å². The van der Waals surface area contributed by atoms with E-state index in [4.69, 9.17) is 9.47 Å². The summed E-state index contributed by atoms with van der Waals surface area (Å²) in [7, 11) is 0. The van der Waals surface area contributed by atoms with Gasteiger partial charge in [0.25, 0.3) is 0 Å². The van der Waals surface area contributed by atoms with Crippen LogP contribution in [0, 0.1) is 0 Å². The molecule has 0 aromatic heterocycles. The fourth-order valence-electron chi connectivity index (χ4n) is 2.09. The number of ether oxygens (including phenoxy) is 3. The van der Waals surface area contributed by atoms with E-state index >= 15 is 0 Å². The summed E-state index contributed by atoms with van der Waals surface area (Å²) < 4.78 is 38.6. The van der Waals surface area contributed by atoms with Gasteiger partial charge in [-0.25, -0.2) is 14.4 Å². The molecule has 0 radical (unpaired) electrons. The molecule has 2 amide bonds. The monoisotopic (exact) mass is 370 g/mol. The van der Waals surface area contributed by atoms with Crippen molar-refractivity contribution in [3.63, 3.8) is 0 Å². The van der Waals surface area contributed by atoms with Gasteiger partial charge in [0.15, 0.2) is 0 Å². The lowest BCUT2D eigenvalue weighted by Gasteiger charge is -2.21. The number of carbonyl (C=O) groups is 3. The van der Waals surface area contributed by atoms with Gasteiger partial charge in [0.1, 0.15) is 12.4 Å². The molecule has 0 spiro atoms. The van der Waals surface area contributed by atoms with Gasteiger partial charge < -0.3 is 24.8 Å². The van der Waals surface area contributed by atoms with Gasteiger partial charge in [-0.3, -0.25) is 0 Å². The minimum Gasteiger partial charge on any atom is -0.463 e. The summed E-state index contributed by atoms with van der Waals surface area (Å²) in [5, 5.41) is 4.79. The van der Waals surface area contributed by atoms with E-state index in [1.54, 1.807) is 6.92 Å². The maximum atomic E-state index is 12.2. The van der Waals surface area contributed by atoms with Gasteiger partial charge in [0.2, 0.25) is 0 Å². The number of amides is 2. The van der Waals surface area contributed by atoms with Gasteiger partial charge in [-0.05, 0) is 25.1 Å². The van der Waals surface area contributed by atoms with Gasteiger partial charge in [0.05, 0.1) is 30.0 Å². The number of rotatable bonds is 7. The molecule has 1 aromatic carbocycles. The Kier molecular flexibility index (Phi) is 6.48. The van der Waals surface area contributed by atoms with Crippen LogP contribution < -0.4 is 15.4 Å². The third-order valence-corrected chi connectivity index (χ3v) is 3.22. The lowest BCUT2D eigenvalue weighted by molar-refractivity contribution is -0.138. The SMILES string of the molecule is CCOC(=O)C1=C(COC(=O)c2cccc(OC(F)F)c2)NC(=O)NC1. The van der Waals surface area contributed by atoms with E-state index in [-0.39, 0.29) is 35.7 Å². The summed E-state index contributed by atoms with van der Waals surface area (Å²) in [6.07, 6.45) is 0. The maximum absolute atomic E-state index is 12.2. The first-order chi connectivity index (χ1) is 12.4. The molecule has 2 N–H and O–H groups in total. The third kappa shape index (κ3) is 5.16. The van der Waals surface area contributed by atoms with E-state index in [2.05, 4.69) is 15.4 Å². The van der Waals surface area contributed by atoms with E-state index in [9.17, 15) is 23.2 Å². The predicted molar refractivity (Wildman–Crippen MR) is 83.5 cm³/mol. The van der Waals surface area contributed by atoms with Gasteiger partial charge in [-0.1, -0.05) is 6.07 Å². The normalized spacial score (nSPS) is 13.8. The van der Waals surface area contributed by atoms with E-state index in [0.717, 1.165) is 6.07 Å². The molecule has 8 nitrogen and oxygen atoms in total. The van der Waals surface area contributed by atoms with Crippen LogP contribution in [0.15, 0.2) is 35.5 Å². The number of nitrogens with one attached hydrogen (secondary N) is 2. The molecule has 1 aliphatic heterocycles. The van der Waals surface area contributed by atoms with Crippen LogP contribution in [-0.2, 0) is 14.3 Å². The van der Waals surface area contributed by atoms with Crippen LogP contribution in [0.5, 0.6) is 5.75 Å². The summed E-state index contributed by atoms with van der Waals surface area (Å²) in [5.41, 5.74) is 0.177. The highest BCUT2D eigenvalue weighted by Crippen LogP contribution is 2.17. The Morgan fingerprint density at radius 2 is 2.00 bits per heavy atom. The molecule has 2 rings (SSSR count). The molecule has 1 aliphatic rings. The van der Waals surface area contributed by atoms with Crippen molar-refractivity contribution in [3.8, 4) is 5.75 Å². The molecule has 0 fully saturated rings. The van der Waals surface area contributed by atoms with Crippen molar-refractivity contribution in [2.24, 2.45) is 0 Å². The van der Waals surface area contributed by atoms with Crippen molar-refractivity contribution in [1.82, 2.24) is 10.6 Å². The first-order valence-electron chi connectivity index (χ1n) is 7.56. The lowest BCUT2D eigenvalue weighted by atomic mass is 10.1. The average molecular weight is 370 g/mol. The Morgan fingerprint density at radius 1 is 1.23 bits per heavy atom. The molecule has 1 aromatic rings. The number of halogens is 2. The lowest BCUT2D eigenvalue weighted by Crippen LogP contribution is -2.45. The predicted octanol–water partition coefficient (Wildman–Crippen LogP) is 1.57.